The van der Waals surface area contributed by atoms with E-state index in [9.17, 15) is 27.6 Å². The summed E-state index contributed by atoms with van der Waals surface area (Å²) in [7, 11) is 0. The van der Waals surface area contributed by atoms with Crippen LogP contribution < -0.4 is 16.6 Å². The second-order valence-corrected chi connectivity index (χ2v) is 7.22. The van der Waals surface area contributed by atoms with E-state index in [2.05, 4.69) is 10.3 Å². The smallest absolute Gasteiger partial charge is 0.325 e. The van der Waals surface area contributed by atoms with Crippen molar-refractivity contribution < 1.29 is 18.0 Å². The van der Waals surface area contributed by atoms with Crippen molar-refractivity contribution in [3.63, 3.8) is 0 Å². The van der Waals surface area contributed by atoms with Gasteiger partial charge in [-0.25, -0.2) is 27.5 Å². The molecule has 8 nitrogen and oxygen atoms in total. The molecule has 2 aromatic heterocycles. The number of hydrogen-bond acceptors (Lipinski definition) is 4. The zero-order chi connectivity index (χ0) is 23.7. The molecular weight excluding hydrogens is 439 g/mol. The van der Waals surface area contributed by atoms with E-state index >= 15 is 0 Å². The van der Waals surface area contributed by atoms with Gasteiger partial charge in [-0.05, 0) is 24.6 Å². The number of nitrogens with zero attached hydrogens (tertiary/aromatic N) is 4. The minimum absolute atomic E-state index is 0.0939. The van der Waals surface area contributed by atoms with Gasteiger partial charge in [-0.3, -0.25) is 14.2 Å². The Morgan fingerprint density at radius 3 is 2.42 bits per heavy atom. The lowest BCUT2D eigenvalue weighted by Gasteiger charge is -2.13. The molecule has 0 aliphatic rings. The fraction of sp³-hybridized carbons (Fsp3) is 0.182. The molecule has 0 spiro atoms. The average molecular weight is 457 g/mol. The fourth-order valence-corrected chi connectivity index (χ4v) is 3.48. The fourth-order valence-electron chi connectivity index (χ4n) is 3.48. The standard InChI is InChI=1S/C22H18F3N5O3/c1-2-28-12-26-20-19(28)21(32)30(22(33)29(20)10-13-6-4-3-5-7-13)11-16(31)27-15-9-8-14(23)17(24)18(15)25/h3-9,12H,2,10-11H2,1H3,(H,27,31). The summed E-state index contributed by atoms with van der Waals surface area (Å²) >= 11 is 0. The van der Waals surface area contributed by atoms with E-state index < -0.39 is 46.8 Å². The third-order valence-corrected chi connectivity index (χ3v) is 5.12. The normalized spacial score (nSPS) is 11.2. The Kier molecular flexibility index (Phi) is 5.86. The van der Waals surface area contributed by atoms with Crippen LogP contribution in [-0.4, -0.2) is 24.6 Å². The number of rotatable bonds is 6. The molecule has 0 aliphatic heterocycles. The van der Waals surface area contributed by atoms with E-state index in [0.717, 1.165) is 11.6 Å². The van der Waals surface area contributed by atoms with E-state index in [1.165, 1.54) is 10.9 Å². The molecule has 4 aromatic rings. The molecule has 1 amide bonds. The number of aromatic nitrogens is 4. The van der Waals surface area contributed by atoms with Crippen LogP contribution in [0.4, 0.5) is 18.9 Å². The van der Waals surface area contributed by atoms with Crippen molar-refractivity contribution in [2.75, 3.05) is 5.32 Å². The molecule has 0 atom stereocenters. The molecule has 0 saturated heterocycles. The minimum Gasteiger partial charge on any atom is -0.325 e. The predicted molar refractivity (Wildman–Crippen MR) is 114 cm³/mol. The van der Waals surface area contributed by atoms with E-state index in [1.54, 1.807) is 35.8 Å². The first-order valence-electron chi connectivity index (χ1n) is 9.97. The number of aryl methyl sites for hydroxylation is 1. The number of fused-ring (bicyclic) bond motifs is 1. The number of anilines is 1. The van der Waals surface area contributed by atoms with Crippen LogP contribution in [0.2, 0.25) is 0 Å². The second kappa shape index (κ2) is 8.77. The summed E-state index contributed by atoms with van der Waals surface area (Å²) < 4.78 is 44.0. The highest BCUT2D eigenvalue weighted by Crippen LogP contribution is 2.19. The number of nitrogens with one attached hydrogen (secondary N) is 1. The van der Waals surface area contributed by atoms with Crippen LogP contribution in [0.5, 0.6) is 0 Å². The largest absolute Gasteiger partial charge is 0.333 e. The van der Waals surface area contributed by atoms with Crippen LogP contribution in [0.1, 0.15) is 12.5 Å². The third-order valence-electron chi connectivity index (χ3n) is 5.12. The zero-order valence-corrected chi connectivity index (χ0v) is 17.4. The van der Waals surface area contributed by atoms with Gasteiger partial charge in [0.1, 0.15) is 6.54 Å². The average Bonchev–Trinajstić information content (AvgIpc) is 3.25. The predicted octanol–water partition coefficient (Wildman–Crippen LogP) is 2.48. The van der Waals surface area contributed by atoms with Gasteiger partial charge in [-0.2, -0.15) is 0 Å². The van der Waals surface area contributed by atoms with E-state index in [1.807, 2.05) is 6.07 Å². The highest BCUT2D eigenvalue weighted by atomic mass is 19.2. The van der Waals surface area contributed by atoms with Crippen molar-refractivity contribution in [3.8, 4) is 0 Å². The Balaban J connectivity index is 1.77. The lowest BCUT2D eigenvalue weighted by Crippen LogP contribution is -2.43. The Labute approximate surface area is 184 Å². The Bertz CT molecular complexity index is 1470. The molecule has 11 heteroatoms. The summed E-state index contributed by atoms with van der Waals surface area (Å²) in [5, 5.41) is 2.07. The van der Waals surface area contributed by atoms with Gasteiger partial charge in [-0.15, -0.1) is 0 Å². The number of imidazole rings is 1. The summed E-state index contributed by atoms with van der Waals surface area (Å²) in [6.45, 7) is 1.50. The third kappa shape index (κ3) is 4.04. The first kappa shape index (κ1) is 22.1. The Hall–Kier alpha value is -4.15. The maximum absolute atomic E-state index is 13.9. The number of carbonyl (C=O) groups is 1. The van der Waals surface area contributed by atoms with Crippen molar-refractivity contribution in [1.29, 1.82) is 0 Å². The number of halogens is 3. The van der Waals surface area contributed by atoms with Gasteiger partial charge in [0.25, 0.3) is 5.56 Å². The Morgan fingerprint density at radius 2 is 1.73 bits per heavy atom. The molecule has 0 aliphatic carbocycles. The lowest BCUT2D eigenvalue weighted by molar-refractivity contribution is -0.116. The van der Waals surface area contributed by atoms with Crippen LogP contribution in [-0.2, 0) is 24.4 Å². The zero-order valence-electron chi connectivity index (χ0n) is 17.4. The van der Waals surface area contributed by atoms with Gasteiger partial charge in [-0.1, -0.05) is 30.3 Å². The van der Waals surface area contributed by atoms with Crippen molar-refractivity contribution in [3.05, 3.63) is 92.6 Å². The first-order chi connectivity index (χ1) is 15.8. The maximum atomic E-state index is 13.9. The lowest BCUT2D eigenvalue weighted by atomic mass is 10.2. The summed E-state index contributed by atoms with van der Waals surface area (Å²) in [5.74, 6) is -5.71. The van der Waals surface area contributed by atoms with Crippen LogP contribution in [0.3, 0.4) is 0 Å². The number of amides is 1. The van der Waals surface area contributed by atoms with E-state index in [4.69, 9.17) is 0 Å². The van der Waals surface area contributed by atoms with Crippen LogP contribution in [0, 0.1) is 17.5 Å². The van der Waals surface area contributed by atoms with Gasteiger partial charge >= 0.3 is 5.69 Å². The van der Waals surface area contributed by atoms with Crippen LogP contribution in [0.15, 0.2) is 58.4 Å². The van der Waals surface area contributed by atoms with E-state index in [0.29, 0.717) is 17.2 Å². The molecule has 1 N–H and O–H groups in total. The molecule has 0 unspecified atom stereocenters. The van der Waals surface area contributed by atoms with Gasteiger partial charge < -0.3 is 9.88 Å². The quantitative estimate of drug-likeness (QED) is 0.451. The molecule has 33 heavy (non-hydrogen) atoms. The van der Waals surface area contributed by atoms with Crippen LogP contribution in [0.25, 0.3) is 11.2 Å². The molecule has 0 fully saturated rings. The van der Waals surface area contributed by atoms with Crippen LogP contribution >= 0.6 is 0 Å². The van der Waals surface area contributed by atoms with Gasteiger partial charge in [0, 0.05) is 6.54 Å². The van der Waals surface area contributed by atoms with Crippen molar-refractivity contribution in [1.82, 2.24) is 18.7 Å². The number of carbonyl (C=O) groups excluding carboxylic acids is 1. The van der Waals surface area contributed by atoms with Gasteiger partial charge in [0.15, 0.2) is 28.6 Å². The van der Waals surface area contributed by atoms with E-state index in [-0.39, 0.29) is 17.7 Å². The molecule has 2 heterocycles. The summed E-state index contributed by atoms with van der Waals surface area (Å²) in [5.41, 5.74) is -1.10. The minimum atomic E-state index is -1.75. The molecule has 4 rings (SSSR count). The topological polar surface area (TPSA) is 90.9 Å². The van der Waals surface area contributed by atoms with Crippen molar-refractivity contribution in [2.45, 2.75) is 26.6 Å². The molecular formula is C22H18F3N5O3. The molecule has 0 bridgehead atoms. The number of benzene rings is 2. The SMILES string of the molecule is CCn1cnc2c1c(=O)n(CC(=O)Nc1ccc(F)c(F)c1F)c(=O)n2Cc1ccccc1. The Morgan fingerprint density at radius 1 is 1.00 bits per heavy atom. The molecule has 170 valence electrons. The first-order valence-corrected chi connectivity index (χ1v) is 9.97. The van der Waals surface area contributed by atoms with Gasteiger partial charge in [0.05, 0.1) is 18.6 Å². The maximum Gasteiger partial charge on any atom is 0.333 e. The molecule has 0 radical (unpaired) electrons. The van der Waals surface area contributed by atoms with Crippen molar-refractivity contribution >= 4 is 22.8 Å². The summed E-state index contributed by atoms with van der Waals surface area (Å²) in [6.07, 6.45) is 1.42. The van der Waals surface area contributed by atoms with Gasteiger partial charge in [0.2, 0.25) is 5.91 Å². The number of hydrogen-bond donors (Lipinski definition) is 1. The highest BCUT2D eigenvalue weighted by Gasteiger charge is 2.21. The highest BCUT2D eigenvalue weighted by molar-refractivity contribution is 5.90. The molecule has 2 aromatic carbocycles. The summed E-state index contributed by atoms with van der Waals surface area (Å²) in [6, 6.07) is 10.5. The summed E-state index contributed by atoms with van der Waals surface area (Å²) in [4.78, 5) is 43.0. The van der Waals surface area contributed by atoms with Crippen molar-refractivity contribution in [2.24, 2.45) is 0 Å². The monoisotopic (exact) mass is 457 g/mol. The second-order valence-electron chi connectivity index (χ2n) is 7.22. The molecule has 0 saturated carbocycles.